The van der Waals surface area contributed by atoms with Crippen LogP contribution in [0.25, 0.3) is 5.65 Å². The van der Waals surface area contributed by atoms with Crippen LogP contribution in [0.3, 0.4) is 0 Å². The largest absolute Gasteiger partial charge is 0.472 e. The first-order valence-corrected chi connectivity index (χ1v) is 8.35. The molecule has 3 aromatic rings. The molecule has 0 aromatic carbocycles. The van der Waals surface area contributed by atoms with E-state index in [1.807, 2.05) is 19.0 Å². The number of aromatic nitrogens is 5. The average molecular weight is 353 g/mol. The van der Waals surface area contributed by atoms with Crippen molar-refractivity contribution in [2.75, 3.05) is 32.1 Å². The van der Waals surface area contributed by atoms with E-state index in [0.717, 1.165) is 12.2 Å². The Balaban J connectivity index is 1.45. The molecule has 1 aliphatic heterocycles. The van der Waals surface area contributed by atoms with E-state index in [-0.39, 0.29) is 12.0 Å². The topological polar surface area (TPSA) is 88.8 Å². The Bertz CT molecular complexity index is 940. The zero-order valence-electron chi connectivity index (χ0n) is 14.6. The van der Waals surface area contributed by atoms with Gasteiger partial charge in [0.2, 0.25) is 5.88 Å². The molecule has 0 spiro atoms. The van der Waals surface area contributed by atoms with Crippen LogP contribution in [0.4, 0.5) is 5.82 Å². The monoisotopic (exact) mass is 353 g/mol. The van der Waals surface area contributed by atoms with Crippen molar-refractivity contribution < 1.29 is 9.53 Å². The number of fused-ring (bicyclic) bond motifs is 1. The minimum atomic E-state index is -0.0985. The van der Waals surface area contributed by atoms with Crippen molar-refractivity contribution in [2.45, 2.75) is 12.5 Å². The molecule has 9 heteroatoms. The summed E-state index contributed by atoms with van der Waals surface area (Å²) in [5.41, 5.74) is 1.07. The van der Waals surface area contributed by atoms with Gasteiger partial charge in [-0.3, -0.25) is 4.79 Å². The summed E-state index contributed by atoms with van der Waals surface area (Å²) < 4.78 is 7.54. The van der Waals surface area contributed by atoms with Crippen molar-refractivity contribution in [3.63, 3.8) is 0 Å². The van der Waals surface area contributed by atoms with Crippen molar-refractivity contribution in [2.24, 2.45) is 0 Å². The predicted molar refractivity (Wildman–Crippen MR) is 94.3 cm³/mol. The third kappa shape index (κ3) is 3.03. The highest BCUT2D eigenvalue weighted by Crippen LogP contribution is 2.21. The number of hydrogen-bond acceptors (Lipinski definition) is 7. The lowest BCUT2D eigenvalue weighted by molar-refractivity contribution is 0.0773. The lowest BCUT2D eigenvalue weighted by Gasteiger charge is -2.17. The highest BCUT2D eigenvalue weighted by molar-refractivity contribution is 5.99. The molecule has 1 saturated heterocycles. The fraction of sp³-hybridized carbons (Fsp3) is 0.353. The third-order valence-corrected chi connectivity index (χ3v) is 4.32. The van der Waals surface area contributed by atoms with Crippen molar-refractivity contribution in [3.05, 3.63) is 42.6 Å². The Morgan fingerprint density at radius 1 is 1.31 bits per heavy atom. The fourth-order valence-electron chi connectivity index (χ4n) is 2.97. The molecule has 1 atom stereocenters. The van der Waals surface area contributed by atoms with Gasteiger partial charge in [-0.1, -0.05) is 0 Å². The smallest absolute Gasteiger partial charge is 0.259 e. The van der Waals surface area contributed by atoms with Crippen LogP contribution in [0, 0.1) is 0 Å². The molecule has 0 N–H and O–H groups in total. The number of nitrogens with zero attached hydrogens (tertiary/aromatic N) is 7. The quantitative estimate of drug-likeness (QED) is 0.688. The second-order valence-electron chi connectivity index (χ2n) is 6.33. The summed E-state index contributed by atoms with van der Waals surface area (Å²) in [6.07, 6.45) is 7.12. The number of carbonyl (C=O) groups is 1. The Labute approximate surface area is 150 Å². The molecular formula is C17H19N7O2. The minimum absolute atomic E-state index is 0.0820. The number of rotatable bonds is 4. The van der Waals surface area contributed by atoms with Gasteiger partial charge in [0.25, 0.3) is 5.91 Å². The first-order chi connectivity index (χ1) is 12.6. The SMILES string of the molecule is CN(C)c1cc(O[C@@H]2CCN(C(=O)c3cnn4cccnc34)C2)ncn1. The van der Waals surface area contributed by atoms with Crippen LogP contribution >= 0.6 is 0 Å². The van der Waals surface area contributed by atoms with Crippen LogP contribution in [0.5, 0.6) is 5.88 Å². The maximum atomic E-state index is 12.8. The maximum Gasteiger partial charge on any atom is 0.259 e. The van der Waals surface area contributed by atoms with Crippen LogP contribution in [0.1, 0.15) is 16.8 Å². The number of carbonyl (C=O) groups excluding carboxylic acids is 1. The number of ether oxygens (including phenoxy) is 1. The zero-order valence-corrected chi connectivity index (χ0v) is 14.6. The van der Waals surface area contributed by atoms with Crippen LogP contribution in [-0.2, 0) is 0 Å². The molecule has 4 heterocycles. The Morgan fingerprint density at radius 3 is 3.04 bits per heavy atom. The molecule has 0 unspecified atom stereocenters. The van der Waals surface area contributed by atoms with Crippen molar-refractivity contribution >= 4 is 17.4 Å². The molecule has 9 nitrogen and oxygen atoms in total. The van der Waals surface area contributed by atoms with Crippen LogP contribution in [0.15, 0.2) is 37.1 Å². The van der Waals surface area contributed by atoms with E-state index in [0.29, 0.717) is 30.2 Å². The second kappa shape index (κ2) is 6.58. The summed E-state index contributed by atoms with van der Waals surface area (Å²) in [4.78, 5) is 29.0. The van der Waals surface area contributed by atoms with Crippen molar-refractivity contribution in [3.8, 4) is 5.88 Å². The highest BCUT2D eigenvalue weighted by atomic mass is 16.5. The lowest BCUT2D eigenvalue weighted by Crippen LogP contribution is -2.31. The van der Waals surface area contributed by atoms with Crippen LogP contribution in [0.2, 0.25) is 0 Å². The van der Waals surface area contributed by atoms with E-state index < -0.39 is 0 Å². The minimum Gasteiger partial charge on any atom is -0.472 e. The van der Waals surface area contributed by atoms with Gasteiger partial charge in [0.05, 0.1) is 12.7 Å². The molecule has 0 saturated carbocycles. The predicted octanol–water partition coefficient (Wildman–Crippen LogP) is 0.879. The third-order valence-electron chi connectivity index (χ3n) is 4.32. The molecular weight excluding hydrogens is 334 g/mol. The van der Waals surface area contributed by atoms with Crippen LogP contribution in [-0.4, -0.2) is 68.7 Å². The lowest BCUT2D eigenvalue weighted by atomic mass is 10.3. The Hall–Kier alpha value is -3.23. The summed E-state index contributed by atoms with van der Waals surface area (Å²) >= 11 is 0. The normalized spacial score (nSPS) is 16.8. The second-order valence-corrected chi connectivity index (χ2v) is 6.33. The fourth-order valence-corrected chi connectivity index (χ4v) is 2.97. The van der Waals surface area contributed by atoms with Gasteiger partial charge >= 0.3 is 0 Å². The molecule has 1 fully saturated rings. The average Bonchev–Trinajstić information content (AvgIpc) is 3.28. The van der Waals surface area contributed by atoms with Crippen LogP contribution < -0.4 is 9.64 Å². The van der Waals surface area contributed by atoms with Gasteiger partial charge in [-0.2, -0.15) is 5.10 Å². The van der Waals surface area contributed by atoms with E-state index in [9.17, 15) is 4.79 Å². The maximum absolute atomic E-state index is 12.8. The Morgan fingerprint density at radius 2 is 2.19 bits per heavy atom. The van der Waals surface area contributed by atoms with Gasteiger partial charge in [-0.15, -0.1) is 0 Å². The summed E-state index contributed by atoms with van der Waals surface area (Å²) in [5, 5.41) is 4.18. The first-order valence-electron chi connectivity index (χ1n) is 8.35. The molecule has 134 valence electrons. The number of anilines is 1. The molecule has 1 aliphatic rings. The summed E-state index contributed by atoms with van der Waals surface area (Å²) in [6.45, 7) is 1.13. The van der Waals surface area contributed by atoms with Crippen molar-refractivity contribution in [1.82, 2.24) is 29.5 Å². The summed E-state index contributed by atoms with van der Waals surface area (Å²) in [7, 11) is 3.82. The molecule has 0 aliphatic carbocycles. The van der Waals surface area contributed by atoms with Gasteiger partial charge in [0.1, 0.15) is 23.8 Å². The molecule has 4 rings (SSSR count). The van der Waals surface area contributed by atoms with Gasteiger partial charge in [-0.05, 0) is 6.07 Å². The molecule has 0 radical (unpaired) electrons. The van der Waals surface area contributed by atoms with Gasteiger partial charge < -0.3 is 14.5 Å². The van der Waals surface area contributed by atoms with E-state index in [1.54, 1.807) is 40.1 Å². The van der Waals surface area contributed by atoms with E-state index >= 15 is 0 Å². The summed E-state index contributed by atoms with van der Waals surface area (Å²) in [6, 6.07) is 3.57. The van der Waals surface area contributed by atoms with Gasteiger partial charge in [-0.25, -0.2) is 19.5 Å². The Kier molecular flexibility index (Phi) is 4.11. The first kappa shape index (κ1) is 16.2. The molecule has 3 aromatic heterocycles. The highest BCUT2D eigenvalue weighted by Gasteiger charge is 2.30. The standard InChI is InChI=1S/C17H19N7O2/c1-22(2)14-8-15(20-11-19-14)26-12-4-7-23(10-12)17(25)13-9-21-24-6-3-5-18-16(13)24/h3,5-6,8-9,11-12H,4,7,10H2,1-2H3/t12-/m1/s1. The number of likely N-dealkylation sites (tertiary alicyclic amines) is 1. The molecule has 26 heavy (non-hydrogen) atoms. The molecule has 0 bridgehead atoms. The van der Waals surface area contributed by atoms with E-state index in [2.05, 4.69) is 20.1 Å². The molecule has 1 amide bonds. The number of hydrogen-bond donors (Lipinski definition) is 0. The number of amides is 1. The van der Waals surface area contributed by atoms with Crippen molar-refractivity contribution in [1.29, 1.82) is 0 Å². The zero-order chi connectivity index (χ0) is 18.1. The van der Waals surface area contributed by atoms with E-state index in [1.165, 1.54) is 6.33 Å². The van der Waals surface area contributed by atoms with E-state index in [4.69, 9.17) is 4.74 Å². The van der Waals surface area contributed by atoms with Gasteiger partial charge in [0, 0.05) is 45.5 Å². The summed E-state index contributed by atoms with van der Waals surface area (Å²) in [5.74, 6) is 1.21. The van der Waals surface area contributed by atoms with Gasteiger partial charge in [0.15, 0.2) is 5.65 Å².